The van der Waals surface area contributed by atoms with Crippen molar-refractivity contribution in [2.24, 2.45) is 0 Å². The predicted octanol–water partition coefficient (Wildman–Crippen LogP) is 3.27. The summed E-state index contributed by atoms with van der Waals surface area (Å²) < 4.78 is 25.8. The first-order chi connectivity index (χ1) is 8.54. The second kappa shape index (κ2) is 6.69. The molecule has 4 heteroatoms. The van der Waals surface area contributed by atoms with E-state index in [9.17, 15) is 13.6 Å². The van der Waals surface area contributed by atoms with Gasteiger partial charge in [-0.2, -0.15) is 0 Å². The molecule has 1 aromatic rings. The van der Waals surface area contributed by atoms with Gasteiger partial charge in [-0.15, -0.1) is 0 Å². The molecule has 1 atom stereocenters. The molecule has 0 bridgehead atoms. The van der Waals surface area contributed by atoms with Gasteiger partial charge in [-0.3, -0.25) is 4.79 Å². The van der Waals surface area contributed by atoms with Crippen molar-refractivity contribution < 1.29 is 13.6 Å². The van der Waals surface area contributed by atoms with Gasteiger partial charge in [0.25, 0.3) is 0 Å². The molecule has 0 aromatic heterocycles. The Hall–Kier alpha value is -1.97. The van der Waals surface area contributed by atoms with Crippen LogP contribution in [-0.4, -0.2) is 5.91 Å². The van der Waals surface area contributed by atoms with Gasteiger partial charge in [-0.1, -0.05) is 24.3 Å². The van der Waals surface area contributed by atoms with E-state index in [1.165, 1.54) is 12.1 Å². The summed E-state index contributed by atoms with van der Waals surface area (Å²) in [5.41, 5.74) is 0.515. The SMILES string of the molecule is C/C=C/C=C/C(=O)NC(C)c1ccc(F)c(F)c1. The average Bonchev–Trinajstić information content (AvgIpc) is 2.33. The van der Waals surface area contributed by atoms with Gasteiger partial charge in [-0.25, -0.2) is 8.78 Å². The lowest BCUT2D eigenvalue weighted by atomic mass is 10.1. The Labute approximate surface area is 105 Å². The first-order valence-electron chi connectivity index (χ1n) is 5.59. The summed E-state index contributed by atoms with van der Waals surface area (Å²) in [6, 6.07) is 3.18. The topological polar surface area (TPSA) is 29.1 Å². The highest BCUT2D eigenvalue weighted by Crippen LogP contribution is 2.15. The van der Waals surface area contributed by atoms with Crippen molar-refractivity contribution in [3.8, 4) is 0 Å². The number of carbonyl (C=O) groups is 1. The predicted molar refractivity (Wildman–Crippen MR) is 66.9 cm³/mol. The third-order valence-electron chi connectivity index (χ3n) is 2.35. The normalized spacial score (nSPS) is 13.1. The van der Waals surface area contributed by atoms with E-state index in [1.54, 1.807) is 25.2 Å². The van der Waals surface area contributed by atoms with Crippen molar-refractivity contribution in [3.63, 3.8) is 0 Å². The van der Waals surface area contributed by atoms with E-state index in [0.29, 0.717) is 5.56 Å². The maximum atomic E-state index is 13.0. The molecule has 0 radical (unpaired) electrons. The van der Waals surface area contributed by atoms with Crippen LogP contribution in [0.1, 0.15) is 25.5 Å². The smallest absolute Gasteiger partial charge is 0.244 e. The van der Waals surface area contributed by atoms with Crippen molar-refractivity contribution in [1.29, 1.82) is 0 Å². The second-order valence-corrected chi connectivity index (χ2v) is 3.79. The van der Waals surface area contributed by atoms with Crippen LogP contribution in [0.15, 0.2) is 42.5 Å². The zero-order valence-electron chi connectivity index (χ0n) is 10.3. The van der Waals surface area contributed by atoms with Crippen LogP contribution in [0.25, 0.3) is 0 Å². The Balaban J connectivity index is 2.67. The number of rotatable bonds is 4. The Morgan fingerprint density at radius 2 is 2.00 bits per heavy atom. The van der Waals surface area contributed by atoms with Crippen molar-refractivity contribution in [2.45, 2.75) is 19.9 Å². The van der Waals surface area contributed by atoms with Gasteiger partial charge in [0.2, 0.25) is 5.91 Å². The number of hydrogen-bond donors (Lipinski definition) is 1. The van der Waals surface area contributed by atoms with E-state index in [0.717, 1.165) is 12.1 Å². The molecule has 1 rings (SSSR count). The fraction of sp³-hybridized carbons (Fsp3) is 0.214. The molecule has 0 saturated heterocycles. The van der Waals surface area contributed by atoms with Crippen LogP contribution >= 0.6 is 0 Å². The number of benzene rings is 1. The first kappa shape index (κ1) is 14.1. The second-order valence-electron chi connectivity index (χ2n) is 3.79. The summed E-state index contributed by atoms with van der Waals surface area (Å²) in [6.07, 6.45) is 6.49. The largest absolute Gasteiger partial charge is 0.346 e. The van der Waals surface area contributed by atoms with Crippen LogP contribution in [0.4, 0.5) is 8.78 Å². The fourth-order valence-electron chi connectivity index (χ4n) is 1.38. The number of carbonyl (C=O) groups excluding carboxylic acids is 1. The number of hydrogen-bond acceptors (Lipinski definition) is 1. The Kier molecular flexibility index (Phi) is 5.24. The van der Waals surface area contributed by atoms with Gasteiger partial charge in [0.1, 0.15) is 0 Å². The van der Waals surface area contributed by atoms with Crippen LogP contribution < -0.4 is 5.32 Å². The molecule has 2 nitrogen and oxygen atoms in total. The molecule has 0 fully saturated rings. The fourth-order valence-corrected chi connectivity index (χ4v) is 1.38. The Morgan fingerprint density at radius 1 is 1.28 bits per heavy atom. The van der Waals surface area contributed by atoms with Crippen LogP contribution in [0.2, 0.25) is 0 Å². The van der Waals surface area contributed by atoms with Crippen molar-refractivity contribution >= 4 is 5.91 Å². The zero-order valence-corrected chi connectivity index (χ0v) is 10.3. The molecule has 0 aliphatic heterocycles. The van der Waals surface area contributed by atoms with Gasteiger partial charge in [0.05, 0.1) is 6.04 Å². The average molecular weight is 251 g/mol. The lowest BCUT2D eigenvalue weighted by Gasteiger charge is -2.13. The highest BCUT2D eigenvalue weighted by molar-refractivity contribution is 5.88. The van der Waals surface area contributed by atoms with Crippen LogP contribution in [0.5, 0.6) is 0 Å². The van der Waals surface area contributed by atoms with E-state index in [1.807, 2.05) is 6.92 Å². The molecule has 1 N–H and O–H groups in total. The minimum atomic E-state index is -0.918. The maximum absolute atomic E-state index is 13.0. The van der Waals surface area contributed by atoms with Crippen molar-refractivity contribution in [1.82, 2.24) is 5.32 Å². The molecule has 0 heterocycles. The van der Waals surface area contributed by atoms with E-state index in [4.69, 9.17) is 0 Å². The quantitative estimate of drug-likeness (QED) is 0.645. The standard InChI is InChI=1S/C14H15F2NO/c1-3-4-5-6-14(18)17-10(2)11-7-8-12(15)13(16)9-11/h3-10H,1-2H3,(H,17,18)/b4-3+,6-5+. The number of amides is 1. The molecule has 96 valence electrons. The molecule has 0 aliphatic carbocycles. The van der Waals surface area contributed by atoms with Gasteiger partial charge >= 0.3 is 0 Å². The van der Waals surface area contributed by atoms with Gasteiger partial charge in [0, 0.05) is 6.08 Å². The zero-order chi connectivity index (χ0) is 13.5. The summed E-state index contributed by atoms with van der Waals surface area (Å²) in [6.45, 7) is 3.54. The van der Waals surface area contributed by atoms with Gasteiger partial charge < -0.3 is 5.32 Å². The highest BCUT2D eigenvalue weighted by Gasteiger charge is 2.10. The van der Waals surface area contributed by atoms with E-state index < -0.39 is 11.6 Å². The minimum absolute atomic E-state index is 0.287. The molecule has 1 unspecified atom stereocenters. The monoisotopic (exact) mass is 251 g/mol. The first-order valence-corrected chi connectivity index (χ1v) is 5.59. The summed E-state index contributed by atoms with van der Waals surface area (Å²) in [4.78, 5) is 11.5. The molecular weight excluding hydrogens is 236 g/mol. The molecule has 0 saturated carbocycles. The third-order valence-corrected chi connectivity index (χ3v) is 2.35. The summed E-state index contributed by atoms with van der Waals surface area (Å²) >= 11 is 0. The molecule has 1 aromatic carbocycles. The third kappa shape index (κ3) is 4.13. The Bertz CT molecular complexity index is 481. The molecule has 1 amide bonds. The van der Waals surface area contributed by atoms with Crippen LogP contribution in [0, 0.1) is 11.6 Å². The summed E-state index contributed by atoms with van der Waals surface area (Å²) in [7, 11) is 0. The molecule has 18 heavy (non-hydrogen) atoms. The lowest BCUT2D eigenvalue weighted by molar-refractivity contribution is -0.117. The van der Waals surface area contributed by atoms with Crippen molar-refractivity contribution in [2.75, 3.05) is 0 Å². The van der Waals surface area contributed by atoms with Gasteiger partial charge in [-0.05, 0) is 31.5 Å². The molecule has 0 spiro atoms. The Morgan fingerprint density at radius 3 is 2.61 bits per heavy atom. The van der Waals surface area contributed by atoms with E-state index in [-0.39, 0.29) is 11.9 Å². The van der Waals surface area contributed by atoms with Crippen molar-refractivity contribution in [3.05, 3.63) is 59.7 Å². The lowest BCUT2D eigenvalue weighted by Crippen LogP contribution is -2.24. The van der Waals surface area contributed by atoms with Crippen LogP contribution in [-0.2, 0) is 4.79 Å². The number of allylic oxidation sites excluding steroid dienone is 3. The number of halogens is 2. The number of nitrogens with one attached hydrogen (secondary N) is 1. The van der Waals surface area contributed by atoms with E-state index in [2.05, 4.69) is 5.32 Å². The summed E-state index contributed by atoms with van der Waals surface area (Å²) in [5, 5.41) is 2.65. The maximum Gasteiger partial charge on any atom is 0.244 e. The van der Waals surface area contributed by atoms with E-state index >= 15 is 0 Å². The van der Waals surface area contributed by atoms with Gasteiger partial charge in [0.15, 0.2) is 11.6 Å². The molecule has 0 aliphatic rings. The van der Waals surface area contributed by atoms with Crippen LogP contribution in [0.3, 0.4) is 0 Å². The molecular formula is C14H15F2NO. The summed E-state index contributed by atoms with van der Waals surface area (Å²) in [5.74, 6) is -2.10. The minimum Gasteiger partial charge on any atom is -0.346 e. The highest BCUT2D eigenvalue weighted by atomic mass is 19.2.